The second kappa shape index (κ2) is 26.0. The van der Waals surface area contributed by atoms with E-state index >= 15 is 0 Å². The van der Waals surface area contributed by atoms with Crippen molar-refractivity contribution >= 4 is 33.8 Å². The number of thioether (sulfide) groups is 1. The Kier molecular flexibility index (Phi) is 18.7. The number of alkyl halides is 6. The van der Waals surface area contributed by atoms with Crippen LogP contribution in [0.3, 0.4) is 0 Å². The van der Waals surface area contributed by atoms with Crippen molar-refractivity contribution < 1.29 is 53.8 Å². The fraction of sp³-hybridized carbons (Fsp3) is 0.300. The second-order valence-electron chi connectivity index (χ2n) is 20.1. The molecule has 2 aliphatic heterocycles. The molecule has 16 nitrogen and oxygen atoms in total. The molecule has 6 heterocycles. The van der Waals surface area contributed by atoms with Crippen LogP contribution in [0.25, 0.3) is 45.0 Å². The number of benzene rings is 4. The van der Waals surface area contributed by atoms with Gasteiger partial charge < -0.3 is 19.3 Å². The van der Waals surface area contributed by atoms with Gasteiger partial charge in [-0.3, -0.25) is 0 Å². The quantitative estimate of drug-likeness (QED) is 0.0636. The van der Waals surface area contributed by atoms with Crippen LogP contribution in [0.4, 0.5) is 35.9 Å². The van der Waals surface area contributed by atoms with Gasteiger partial charge in [0.25, 0.3) is 0 Å². The van der Waals surface area contributed by atoms with Crippen molar-refractivity contribution in [1.82, 2.24) is 50.1 Å². The molecule has 0 bridgehead atoms. The van der Waals surface area contributed by atoms with Gasteiger partial charge in [-0.1, -0.05) is 96.7 Å². The van der Waals surface area contributed by atoms with E-state index in [1.165, 1.54) is 42.2 Å². The molecule has 4 aromatic carbocycles. The molecular weight excluding hydrogens is 1130 g/mol. The number of sulfone groups is 1. The summed E-state index contributed by atoms with van der Waals surface area (Å²) in [7, 11) is -3.77. The number of halogens is 6. The van der Waals surface area contributed by atoms with Gasteiger partial charge in [-0.25, -0.2) is 37.9 Å². The minimum absolute atomic E-state index is 0.0110. The van der Waals surface area contributed by atoms with Gasteiger partial charge in [-0.2, -0.15) is 36.5 Å². The number of nitrogens with zero attached hydrogens (tertiary/aromatic N) is 10. The Labute approximate surface area is 485 Å². The molecule has 2 amide bonds. The highest BCUT2D eigenvalue weighted by Crippen LogP contribution is 2.42. The van der Waals surface area contributed by atoms with E-state index in [1.54, 1.807) is 35.1 Å². The van der Waals surface area contributed by atoms with Gasteiger partial charge in [0.2, 0.25) is 15.0 Å². The molecule has 84 heavy (non-hydrogen) atoms. The van der Waals surface area contributed by atoms with E-state index in [0.29, 0.717) is 96.4 Å². The van der Waals surface area contributed by atoms with Crippen molar-refractivity contribution in [2.24, 2.45) is 0 Å². The molecule has 0 N–H and O–H groups in total. The van der Waals surface area contributed by atoms with Crippen molar-refractivity contribution in [3.63, 3.8) is 0 Å². The predicted molar refractivity (Wildman–Crippen MR) is 302 cm³/mol. The molecule has 0 radical (unpaired) electrons. The average molecular weight is 1190 g/mol. The van der Waals surface area contributed by atoms with E-state index in [4.69, 9.17) is 9.47 Å². The van der Waals surface area contributed by atoms with Crippen molar-refractivity contribution in [2.45, 2.75) is 87.2 Å². The van der Waals surface area contributed by atoms with E-state index < -0.39 is 44.6 Å². The van der Waals surface area contributed by atoms with Crippen molar-refractivity contribution in [2.75, 3.05) is 38.7 Å². The first-order valence-electron chi connectivity index (χ1n) is 26.6. The number of carbonyl (C=O) groups excluding carboxylic acids is 2. The minimum atomic E-state index is -4.58. The Hall–Kier alpha value is -8.38. The maximum Gasteiger partial charge on any atom is 0.416 e. The highest BCUT2D eigenvalue weighted by molar-refractivity contribution is 7.98. The Morgan fingerprint density at radius 2 is 0.988 bits per heavy atom. The number of carbonyl (C=O) groups is 2. The molecule has 0 saturated carbocycles. The zero-order chi connectivity index (χ0) is 59.8. The fourth-order valence-electron chi connectivity index (χ4n) is 10.1. The Balaban J connectivity index is 0.000000202. The largest absolute Gasteiger partial charge is 0.445 e. The third-order valence-electron chi connectivity index (χ3n) is 14.4. The lowest BCUT2D eigenvalue weighted by Crippen LogP contribution is -2.38. The third-order valence-corrected chi connectivity index (χ3v) is 15.8. The number of amides is 2. The summed E-state index contributed by atoms with van der Waals surface area (Å²) in [6.07, 6.45) is -1.69. The van der Waals surface area contributed by atoms with E-state index in [0.717, 1.165) is 52.9 Å². The van der Waals surface area contributed by atoms with Crippen LogP contribution in [0.5, 0.6) is 0 Å². The van der Waals surface area contributed by atoms with Crippen molar-refractivity contribution in [3.05, 3.63) is 178 Å². The number of ether oxygens (including phenoxy) is 2. The zero-order valence-corrected chi connectivity index (χ0v) is 47.6. The first kappa shape index (κ1) is 60.2. The smallest absolute Gasteiger partial charge is 0.416 e. The Morgan fingerprint density at radius 1 is 0.571 bits per heavy atom. The number of aromatic nitrogens is 8. The normalized spacial score (nSPS) is 14.4. The molecule has 0 spiro atoms. The van der Waals surface area contributed by atoms with E-state index in [1.807, 2.05) is 73.8 Å². The van der Waals surface area contributed by atoms with Gasteiger partial charge in [-0.15, -0.1) is 10.2 Å². The Bertz CT molecular complexity index is 3760. The van der Waals surface area contributed by atoms with Gasteiger partial charge in [0.1, 0.15) is 24.6 Å². The number of hydrogen-bond acceptors (Lipinski definition) is 15. The monoisotopic (exact) mass is 1190 g/mol. The molecule has 0 atom stereocenters. The SMILES string of the molecule is CSc1nccc(-c2c(-c3cccc(C(F)(F)F)c3)nnc(C3CCN(C(=O)OCc4ccccc4)CC3)c2C)n1.Cc1c(C2CCN(C(=O)OCc3ccccc3)CC2)nnc(-c2cccc(C(F)(F)F)c2)c1-c1ccnc(S(C)(=O)=O)n1. The summed E-state index contributed by atoms with van der Waals surface area (Å²) in [4.78, 5) is 45.6. The van der Waals surface area contributed by atoms with Gasteiger partial charge in [0.05, 0.1) is 33.9 Å². The number of hydrogen-bond donors (Lipinski definition) is 0. The summed E-state index contributed by atoms with van der Waals surface area (Å²) in [5, 5.41) is 17.9. The van der Waals surface area contributed by atoms with Crippen molar-refractivity contribution in [1.29, 1.82) is 0 Å². The molecule has 8 aromatic rings. The first-order chi connectivity index (χ1) is 40.2. The lowest BCUT2D eigenvalue weighted by molar-refractivity contribution is -0.138. The second-order valence-corrected chi connectivity index (χ2v) is 22.7. The summed E-state index contributed by atoms with van der Waals surface area (Å²) in [6.45, 7) is 5.85. The van der Waals surface area contributed by atoms with Crippen LogP contribution in [0, 0.1) is 13.8 Å². The highest BCUT2D eigenvalue weighted by atomic mass is 32.2. The summed E-state index contributed by atoms with van der Waals surface area (Å²) in [5.41, 5.74) is 5.59. The molecule has 436 valence electrons. The van der Waals surface area contributed by atoms with Crippen LogP contribution in [0.15, 0.2) is 144 Å². The van der Waals surface area contributed by atoms with Crippen LogP contribution >= 0.6 is 11.8 Å². The first-order valence-corrected chi connectivity index (χ1v) is 29.7. The van der Waals surface area contributed by atoms with E-state index in [9.17, 15) is 44.3 Å². The average Bonchev–Trinajstić information content (AvgIpc) is 1.44. The number of rotatable bonds is 12. The molecule has 10 rings (SSSR count). The van der Waals surface area contributed by atoms with Crippen LogP contribution < -0.4 is 0 Å². The lowest BCUT2D eigenvalue weighted by Gasteiger charge is -2.31. The summed E-state index contributed by atoms with van der Waals surface area (Å²) in [5.74, 6) is -0.104. The van der Waals surface area contributed by atoms with Crippen LogP contribution in [0.1, 0.15) is 82.3 Å². The Morgan fingerprint density at radius 3 is 1.39 bits per heavy atom. The molecule has 2 fully saturated rings. The van der Waals surface area contributed by atoms with Gasteiger partial charge in [0.15, 0.2) is 5.16 Å². The molecule has 24 heteroatoms. The van der Waals surface area contributed by atoms with Gasteiger partial charge >= 0.3 is 24.5 Å². The van der Waals surface area contributed by atoms with Crippen molar-refractivity contribution in [3.8, 4) is 45.0 Å². The summed E-state index contributed by atoms with van der Waals surface area (Å²) < 4.78 is 117. The molecule has 4 aromatic heterocycles. The standard InChI is InChI=1S/C30H28F3N5O4S.C30H28F3N5O2S/c1-19-25(24-11-14-34-28(35-24)43(2,40)41)27(22-9-6-10-23(17-22)30(31,32)33)37-36-26(19)21-12-15-38(16-13-21)29(39)42-18-20-7-4-3-5-8-20;1-19-25(24-11-14-34-28(35-24)41-2)27(22-9-6-10-23(17-22)30(31,32)33)37-36-26(19)21-12-15-38(16-13-21)29(39)40-18-20-7-4-3-5-8-20/h3-11,14,17,21H,12-13,15-16,18H2,1-2H3;3-11,14,17,21H,12-13,15-16,18H2,1-2H3. The maximum absolute atomic E-state index is 13.5. The molecule has 0 unspecified atom stereocenters. The van der Waals surface area contributed by atoms with Gasteiger partial charge in [-0.05, 0) is 104 Å². The lowest BCUT2D eigenvalue weighted by atomic mass is 9.88. The predicted octanol–water partition coefficient (Wildman–Crippen LogP) is 13.0. The fourth-order valence-corrected chi connectivity index (χ4v) is 11.0. The summed E-state index contributed by atoms with van der Waals surface area (Å²) in [6, 6.07) is 31.9. The minimum Gasteiger partial charge on any atom is -0.445 e. The molecule has 2 saturated heterocycles. The third kappa shape index (κ3) is 14.5. The van der Waals surface area contributed by atoms with Crippen LogP contribution in [0.2, 0.25) is 0 Å². The molecule has 0 aliphatic carbocycles. The van der Waals surface area contributed by atoms with E-state index in [2.05, 4.69) is 40.3 Å². The zero-order valence-electron chi connectivity index (χ0n) is 45.9. The van der Waals surface area contributed by atoms with Gasteiger partial charge in [0, 0.05) is 78.9 Å². The van der Waals surface area contributed by atoms with Crippen LogP contribution in [-0.2, 0) is 44.9 Å². The van der Waals surface area contributed by atoms with Crippen LogP contribution in [-0.4, -0.2) is 109 Å². The highest BCUT2D eigenvalue weighted by Gasteiger charge is 2.35. The topological polar surface area (TPSA) is 196 Å². The number of likely N-dealkylation sites (tertiary alicyclic amines) is 2. The van der Waals surface area contributed by atoms with E-state index in [-0.39, 0.29) is 48.1 Å². The molecule has 2 aliphatic rings. The number of piperidine rings is 2. The maximum atomic E-state index is 13.5. The summed E-state index contributed by atoms with van der Waals surface area (Å²) >= 11 is 1.37. The molecular formula is C60H56F6N10O6S2.